The van der Waals surface area contributed by atoms with Crippen molar-refractivity contribution in [2.24, 2.45) is 0 Å². The van der Waals surface area contributed by atoms with Gasteiger partial charge in [0, 0.05) is 17.5 Å². The van der Waals surface area contributed by atoms with Gasteiger partial charge in [0.25, 0.3) is 0 Å². The van der Waals surface area contributed by atoms with Crippen molar-refractivity contribution >= 4 is 12.6 Å². The molecule has 3 heteroatoms. The Hall–Kier alpha value is -1.14. The Morgan fingerprint density at radius 3 is 2.92 bits per heavy atom. The number of thiol groups is 1. The van der Waals surface area contributed by atoms with Gasteiger partial charge in [-0.25, -0.2) is 0 Å². The number of rotatable bonds is 1. The first-order valence-electron chi connectivity index (χ1n) is 3.45. The maximum Gasteiger partial charge on any atom is 0.142 e. The topological polar surface area (TPSA) is 33.1 Å². The van der Waals surface area contributed by atoms with Crippen LogP contribution in [0.3, 0.4) is 0 Å². The molecule has 1 aromatic heterocycles. The van der Waals surface area contributed by atoms with Crippen LogP contribution in [0, 0.1) is 19.3 Å². The quantitative estimate of drug-likeness (QED) is 0.506. The smallest absolute Gasteiger partial charge is 0.142 e. The van der Waals surface area contributed by atoms with E-state index in [4.69, 9.17) is 6.42 Å². The summed E-state index contributed by atoms with van der Waals surface area (Å²) in [6.45, 7) is 1.72. The maximum absolute atomic E-state index is 9.50. The zero-order valence-electron chi connectivity index (χ0n) is 6.70. The molecule has 0 aliphatic carbocycles. The first-order valence-corrected chi connectivity index (χ1v) is 4.08. The third kappa shape index (κ3) is 1.39. The van der Waals surface area contributed by atoms with E-state index in [1.807, 2.05) is 0 Å². The van der Waals surface area contributed by atoms with Crippen LogP contribution in [0.25, 0.3) is 0 Å². The first kappa shape index (κ1) is 8.95. The lowest BCUT2D eigenvalue weighted by Crippen LogP contribution is -1.92. The predicted octanol–water partition coefficient (Wildman–Crippen LogP) is 1.51. The number of aromatic nitrogens is 1. The number of aryl methyl sites for hydroxylation is 1. The molecule has 0 aromatic carbocycles. The van der Waals surface area contributed by atoms with E-state index in [9.17, 15) is 5.11 Å². The number of terminal acetylenes is 1. The van der Waals surface area contributed by atoms with E-state index in [0.29, 0.717) is 22.6 Å². The zero-order chi connectivity index (χ0) is 9.14. The van der Waals surface area contributed by atoms with Crippen molar-refractivity contribution in [2.75, 3.05) is 0 Å². The number of hydrogen-bond acceptors (Lipinski definition) is 3. The molecule has 1 rings (SSSR count). The molecule has 2 nitrogen and oxygen atoms in total. The maximum atomic E-state index is 9.50. The van der Waals surface area contributed by atoms with Gasteiger partial charge in [0.2, 0.25) is 0 Å². The van der Waals surface area contributed by atoms with E-state index < -0.39 is 0 Å². The monoisotopic (exact) mass is 179 g/mol. The molecule has 1 heterocycles. The molecule has 12 heavy (non-hydrogen) atoms. The standard InChI is InChI=1S/C9H9NOS/c1-3-7-4-10-6(2)9(11)8(7)5-12/h1,4,11-12H,5H2,2H3. The second-order valence-electron chi connectivity index (χ2n) is 2.39. The molecule has 0 saturated carbocycles. The van der Waals surface area contributed by atoms with Crippen molar-refractivity contribution in [1.82, 2.24) is 4.98 Å². The number of pyridine rings is 1. The van der Waals surface area contributed by atoms with Gasteiger partial charge in [-0.15, -0.1) is 6.42 Å². The van der Waals surface area contributed by atoms with E-state index in [1.165, 1.54) is 0 Å². The average molecular weight is 179 g/mol. The highest BCUT2D eigenvalue weighted by atomic mass is 32.1. The molecular weight excluding hydrogens is 170 g/mol. The lowest BCUT2D eigenvalue weighted by atomic mass is 10.1. The predicted molar refractivity (Wildman–Crippen MR) is 51.3 cm³/mol. The molecule has 0 radical (unpaired) electrons. The third-order valence-corrected chi connectivity index (χ3v) is 1.97. The fourth-order valence-corrected chi connectivity index (χ4v) is 1.25. The molecule has 0 amide bonds. The molecule has 1 aromatic rings. The Kier molecular flexibility index (Phi) is 2.61. The Bertz CT molecular complexity index is 341. The van der Waals surface area contributed by atoms with Gasteiger partial charge < -0.3 is 5.11 Å². The Morgan fingerprint density at radius 2 is 2.42 bits per heavy atom. The fourth-order valence-electron chi connectivity index (χ4n) is 0.931. The highest BCUT2D eigenvalue weighted by Gasteiger charge is 2.07. The van der Waals surface area contributed by atoms with Gasteiger partial charge in [-0.05, 0) is 6.92 Å². The van der Waals surface area contributed by atoms with Crippen molar-refractivity contribution in [3.8, 4) is 18.1 Å². The number of nitrogens with zero attached hydrogens (tertiary/aromatic N) is 1. The van der Waals surface area contributed by atoms with Crippen molar-refractivity contribution in [2.45, 2.75) is 12.7 Å². The molecule has 0 unspecified atom stereocenters. The van der Waals surface area contributed by atoms with Crippen LogP contribution >= 0.6 is 12.6 Å². The third-order valence-electron chi connectivity index (χ3n) is 1.65. The van der Waals surface area contributed by atoms with Gasteiger partial charge in [0.1, 0.15) is 5.75 Å². The largest absolute Gasteiger partial charge is 0.506 e. The summed E-state index contributed by atoms with van der Waals surface area (Å²) in [5.41, 5.74) is 1.86. The van der Waals surface area contributed by atoms with Crippen LogP contribution < -0.4 is 0 Å². The van der Waals surface area contributed by atoms with Crippen molar-refractivity contribution in [3.63, 3.8) is 0 Å². The van der Waals surface area contributed by atoms with Crippen molar-refractivity contribution in [1.29, 1.82) is 0 Å². The second kappa shape index (κ2) is 3.51. The molecule has 0 aliphatic heterocycles. The lowest BCUT2D eigenvalue weighted by Gasteiger charge is -2.05. The van der Waals surface area contributed by atoms with E-state index in [2.05, 4.69) is 23.5 Å². The van der Waals surface area contributed by atoms with Crippen LogP contribution in [-0.2, 0) is 5.75 Å². The molecule has 0 aliphatic rings. The van der Waals surface area contributed by atoms with Gasteiger partial charge in [0.15, 0.2) is 0 Å². The SMILES string of the molecule is C#Cc1cnc(C)c(O)c1CS. The summed E-state index contributed by atoms with van der Waals surface area (Å²) in [5, 5.41) is 9.50. The number of aromatic hydroxyl groups is 1. The van der Waals surface area contributed by atoms with E-state index in [0.717, 1.165) is 0 Å². The van der Waals surface area contributed by atoms with Gasteiger partial charge in [-0.2, -0.15) is 12.6 Å². The summed E-state index contributed by atoms with van der Waals surface area (Å²) in [4.78, 5) is 3.93. The normalized spacial score (nSPS) is 9.42. The van der Waals surface area contributed by atoms with Crippen molar-refractivity contribution < 1.29 is 5.11 Å². The summed E-state index contributed by atoms with van der Waals surface area (Å²) >= 11 is 4.07. The van der Waals surface area contributed by atoms with Crippen LogP contribution in [0.15, 0.2) is 6.20 Å². The highest BCUT2D eigenvalue weighted by molar-refractivity contribution is 7.79. The molecule has 0 fully saturated rings. The molecule has 62 valence electrons. The van der Waals surface area contributed by atoms with Gasteiger partial charge in [0.05, 0.1) is 11.3 Å². The lowest BCUT2D eigenvalue weighted by molar-refractivity contribution is 0.462. The Labute approximate surface area is 77.1 Å². The summed E-state index contributed by atoms with van der Waals surface area (Å²) < 4.78 is 0. The highest BCUT2D eigenvalue weighted by Crippen LogP contribution is 2.24. The van der Waals surface area contributed by atoms with Gasteiger partial charge in [-0.3, -0.25) is 4.98 Å². The average Bonchev–Trinajstić information content (AvgIpc) is 2.09. The summed E-state index contributed by atoms with van der Waals surface area (Å²) in [7, 11) is 0. The number of hydrogen-bond donors (Lipinski definition) is 2. The summed E-state index contributed by atoms with van der Waals surface area (Å²) in [6.07, 6.45) is 6.78. The van der Waals surface area contributed by atoms with Crippen LogP contribution in [-0.4, -0.2) is 10.1 Å². The molecule has 0 atom stereocenters. The van der Waals surface area contributed by atoms with Crippen molar-refractivity contribution in [3.05, 3.63) is 23.0 Å². The zero-order valence-corrected chi connectivity index (χ0v) is 7.60. The van der Waals surface area contributed by atoms with Crippen LogP contribution in [0.2, 0.25) is 0 Å². The van der Waals surface area contributed by atoms with Crippen LogP contribution in [0.1, 0.15) is 16.8 Å². The molecule has 0 saturated heterocycles. The van der Waals surface area contributed by atoms with E-state index >= 15 is 0 Å². The van der Waals surface area contributed by atoms with Gasteiger partial charge in [-0.1, -0.05) is 5.92 Å². The van der Waals surface area contributed by atoms with E-state index in [-0.39, 0.29) is 5.75 Å². The minimum absolute atomic E-state index is 0.153. The van der Waals surface area contributed by atoms with Gasteiger partial charge >= 0.3 is 0 Å². The minimum Gasteiger partial charge on any atom is -0.506 e. The molecule has 0 bridgehead atoms. The molecular formula is C9H9NOS. The minimum atomic E-state index is 0.153. The summed E-state index contributed by atoms with van der Waals surface area (Å²) in [5.74, 6) is 3.02. The van der Waals surface area contributed by atoms with Crippen LogP contribution in [0.4, 0.5) is 0 Å². The fraction of sp³-hybridized carbons (Fsp3) is 0.222. The second-order valence-corrected chi connectivity index (χ2v) is 2.70. The first-order chi connectivity index (χ1) is 5.70. The Balaban J connectivity index is 3.38. The Morgan fingerprint density at radius 1 is 1.75 bits per heavy atom. The molecule has 0 spiro atoms. The van der Waals surface area contributed by atoms with Crippen LogP contribution in [0.5, 0.6) is 5.75 Å². The van der Waals surface area contributed by atoms with E-state index in [1.54, 1.807) is 13.1 Å². The summed E-state index contributed by atoms with van der Waals surface area (Å²) in [6, 6.07) is 0. The molecule has 1 N–H and O–H groups in total.